The number of aromatic amines is 1. The summed E-state index contributed by atoms with van der Waals surface area (Å²) in [5.41, 5.74) is 0.904. The van der Waals surface area contributed by atoms with Gasteiger partial charge >= 0.3 is 0 Å². The summed E-state index contributed by atoms with van der Waals surface area (Å²) in [4.78, 5) is 15.9. The number of hydrogen-bond donors (Lipinski definition) is 2. The minimum absolute atomic E-state index is 0.109. The first kappa shape index (κ1) is 22.2. The van der Waals surface area contributed by atoms with Crippen molar-refractivity contribution in [2.24, 2.45) is 0 Å². The molecule has 1 fully saturated rings. The predicted molar refractivity (Wildman–Crippen MR) is 123 cm³/mol. The molecule has 4 rings (SSSR count). The zero-order valence-electron chi connectivity index (χ0n) is 17.0. The molecule has 3 aromatic rings. The molecule has 166 valence electrons. The van der Waals surface area contributed by atoms with Crippen molar-refractivity contribution in [3.05, 3.63) is 48.2 Å². The van der Waals surface area contributed by atoms with Crippen LogP contribution in [0.15, 0.2) is 41.6 Å². The maximum atomic E-state index is 12.9. The third-order valence-corrected chi connectivity index (χ3v) is 8.54. The number of pyridine rings is 1. The van der Waals surface area contributed by atoms with E-state index < -0.39 is 10.0 Å². The molecule has 1 atom stereocenters. The molecule has 1 aliphatic rings. The summed E-state index contributed by atoms with van der Waals surface area (Å²) in [7, 11) is -3.61. The SMILES string of the molecule is CSCCC(NC(=O)c1cc(S(=O)(=O)N2CCSCC2)c[nH]1)c1nnc2ccccn12. The Bertz CT molecular complexity index is 1150. The van der Waals surface area contributed by atoms with Gasteiger partial charge in [-0.25, -0.2) is 8.42 Å². The molecule has 0 aliphatic carbocycles. The average Bonchev–Trinajstić information content (AvgIpc) is 3.45. The van der Waals surface area contributed by atoms with Gasteiger partial charge in [-0.2, -0.15) is 27.8 Å². The highest BCUT2D eigenvalue weighted by molar-refractivity contribution is 7.99. The highest BCUT2D eigenvalue weighted by Gasteiger charge is 2.28. The number of amides is 1. The van der Waals surface area contributed by atoms with Crippen molar-refractivity contribution in [2.45, 2.75) is 17.4 Å². The number of nitrogens with one attached hydrogen (secondary N) is 2. The summed E-state index contributed by atoms with van der Waals surface area (Å²) in [6.07, 6.45) is 5.91. The van der Waals surface area contributed by atoms with Gasteiger partial charge in [0.15, 0.2) is 11.5 Å². The molecule has 0 bridgehead atoms. The van der Waals surface area contributed by atoms with Crippen molar-refractivity contribution in [3.8, 4) is 0 Å². The van der Waals surface area contributed by atoms with Crippen LogP contribution in [0.3, 0.4) is 0 Å². The molecular formula is C19H24N6O3S3. The fraction of sp³-hybridized carbons (Fsp3) is 0.421. The Balaban J connectivity index is 1.54. The normalized spacial score (nSPS) is 16.4. The van der Waals surface area contributed by atoms with E-state index in [0.717, 1.165) is 17.3 Å². The van der Waals surface area contributed by atoms with Crippen LogP contribution < -0.4 is 5.32 Å². The standard InChI is InChI=1S/C19H24N6O3S3/c1-29-9-5-15(18-23-22-17-4-2-3-6-25(17)18)21-19(26)16-12-14(13-20-16)31(27,28)24-7-10-30-11-8-24/h2-4,6,12-13,15,20H,5,7-11H2,1H3,(H,21,26). The van der Waals surface area contributed by atoms with Crippen molar-refractivity contribution in [1.29, 1.82) is 0 Å². The van der Waals surface area contributed by atoms with E-state index in [0.29, 0.717) is 31.0 Å². The van der Waals surface area contributed by atoms with E-state index in [1.165, 1.54) is 16.6 Å². The maximum absolute atomic E-state index is 12.9. The number of aromatic nitrogens is 4. The van der Waals surface area contributed by atoms with Crippen molar-refractivity contribution < 1.29 is 13.2 Å². The second-order valence-corrected chi connectivity index (χ2v) is 11.2. The Labute approximate surface area is 189 Å². The zero-order valence-corrected chi connectivity index (χ0v) is 19.5. The summed E-state index contributed by atoms with van der Waals surface area (Å²) in [5, 5.41) is 11.4. The average molecular weight is 481 g/mol. The summed E-state index contributed by atoms with van der Waals surface area (Å²) < 4.78 is 29.0. The molecule has 4 heterocycles. The number of rotatable bonds is 8. The summed E-state index contributed by atoms with van der Waals surface area (Å²) in [6, 6.07) is 6.66. The fourth-order valence-electron chi connectivity index (χ4n) is 3.43. The second-order valence-electron chi connectivity index (χ2n) is 7.06. The van der Waals surface area contributed by atoms with Crippen LogP contribution in [0.2, 0.25) is 0 Å². The predicted octanol–water partition coefficient (Wildman–Crippen LogP) is 2.02. The molecule has 9 nitrogen and oxygen atoms in total. The van der Waals surface area contributed by atoms with E-state index in [2.05, 4.69) is 20.5 Å². The number of H-pyrrole nitrogens is 1. The van der Waals surface area contributed by atoms with Crippen molar-refractivity contribution >= 4 is 45.1 Å². The Morgan fingerprint density at radius 3 is 2.90 bits per heavy atom. The van der Waals surface area contributed by atoms with Crippen molar-refractivity contribution in [1.82, 2.24) is 29.2 Å². The molecule has 3 aromatic heterocycles. The number of carbonyl (C=O) groups is 1. The lowest BCUT2D eigenvalue weighted by Crippen LogP contribution is -2.37. The van der Waals surface area contributed by atoms with E-state index in [4.69, 9.17) is 0 Å². The number of nitrogens with zero attached hydrogens (tertiary/aromatic N) is 4. The van der Waals surface area contributed by atoms with Gasteiger partial charge in [-0.3, -0.25) is 9.20 Å². The summed E-state index contributed by atoms with van der Waals surface area (Å²) >= 11 is 3.42. The molecule has 31 heavy (non-hydrogen) atoms. The van der Waals surface area contributed by atoms with Crippen LogP contribution in [0.25, 0.3) is 5.65 Å². The molecule has 0 radical (unpaired) electrons. The monoisotopic (exact) mass is 480 g/mol. The van der Waals surface area contributed by atoms with Crippen LogP contribution in [0.5, 0.6) is 0 Å². The molecule has 0 aromatic carbocycles. The Hall–Kier alpha value is -2.02. The number of sulfonamides is 1. The minimum atomic E-state index is -3.61. The van der Waals surface area contributed by atoms with Crippen LogP contribution in [0, 0.1) is 0 Å². The first-order chi connectivity index (χ1) is 15.0. The lowest BCUT2D eigenvalue weighted by atomic mass is 10.2. The third kappa shape index (κ3) is 4.76. The molecular weight excluding hydrogens is 456 g/mol. The van der Waals surface area contributed by atoms with E-state index in [1.807, 2.05) is 35.1 Å². The fourth-order valence-corrected chi connectivity index (χ4v) is 6.47. The largest absolute Gasteiger partial charge is 0.356 e. The van der Waals surface area contributed by atoms with E-state index >= 15 is 0 Å². The Morgan fingerprint density at radius 2 is 2.13 bits per heavy atom. The van der Waals surface area contributed by atoms with Crippen molar-refractivity contribution in [3.63, 3.8) is 0 Å². The molecule has 1 saturated heterocycles. The van der Waals surface area contributed by atoms with E-state index in [1.54, 1.807) is 23.5 Å². The van der Waals surface area contributed by atoms with Gasteiger partial charge in [0.25, 0.3) is 5.91 Å². The molecule has 1 unspecified atom stereocenters. The van der Waals surface area contributed by atoms with Gasteiger partial charge in [0.05, 0.1) is 6.04 Å². The summed E-state index contributed by atoms with van der Waals surface area (Å²) in [6.45, 7) is 0.965. The maximum Gasteiger partial charge on any atom is 0.268 e. The Kier molecular flexibility index (Phi) is 6.89. The highest BCUT2D eigenvalue weighted by Crippen LogP contribution is 2.22. The molecule has 1 amide bonds. The second kappa shape index (κ2) is 9.63. The van der Waals surface area contributed by atoms with E-state index in [-0.39, 0.29) is 22.5 Å². The highest BCUT2D eigenvalue weighted by atomic mass is 32.2. The van der Waals surface area contributed by atoms with Gasteiger partial charge < -0.3 is 10.3 Å². The number of carbonyl (C=O) groups excluding carboxylic acids is 1. The molecule has 12 heteroatoms. The molecule has 0 spiro atoms. The summed E-state index contributed by atoms with van der Waals surface area (Å²) in [5.74, 6) is 2.64. The quantitative estimate of drug-likeness (QED) is 0.507. The number of fused-ring (bicyclic) bond motifs is 1. The van der Waals surface area contributed by atoms with Crippen LogP contribution in [0.4, 0.5) is 0 Å². The van der Waals surface area contributed by atoms with Gasteiger partial charge in [-0.1, -0.05) is 6.07 Å². The number of hydrogen-bond acceptors (Lipinski definition) is 7. The van der Waals surface area contributed by atoms with Crippen LogP contribution in [-0.4, -0.2) is 74.8 Å². The van der Waals surface area contributed by atoms with Crippen molar-refractivity contribution in [2.75, 3.05) is 36.6 Å². The van der Waals surface area contributed by atoms with Crippen LogP contribution in [-0.2, 0) is 10.0 Å². The number of thioether (sulfide) groups is 2. The zero-order chi connectivity index (χ0) is 21.8. The topological polar surface area (TPSA) is 112 Å². The van der Waals surface area contributed by atoms with Crippen LogP contribution in [0.1, 0.15) is 28.8 Å². The lowest BCUT2D eigenvalue weighted by molar-refractivity contribution is 0.0929. The first-order valence-corrected chi connectivity index (χ1v) is 13.9. The molecule has 2 N–H and O–H groups in total. The molecule has 0 saturated carbocycles. The van der Waals surface area contributed by atoms with Crippen LogP contribution >= 0.6 is 23.5 Å². The third-order valence-electron chi connectivity index (χ3n) is 5.08. The minimum Gasteiger partial charge on any atom is -0.356 e. The lowest BCUT2D eigenvalue weighted by Gasteiger charge is -2.24. The molecule has 1 aliphatic heterocycles. The Morgan fingerprint density at radius 1 is 1.32 bits per heavy atom. The van der Waals surface area contributed by atoms with Gasteiger partial charge in [-0.15, -0.1) is 10.2 Å². The van der Waals surface area contributed by atoms with E-state index in [9.17, 15) is 13.2 Å². The van der Waals surface area contributed by atoms with Gasteiger partial charge in [0.1, 0.15) is 10.6 Å². The van der Waals surface area contributed by atoms with Gasteiger partial charge in [0, 0.05) is 37.0 Å². The van der Waals surface area contributed by atoms with Gasteiger partial charge in [0.2, 0.25) is 10.0 Å². The first-order valence-electron chi connectivity index (χ1n) is 9.86. The van der Waals surface area contributed by atoms with Gasteiger partial charge in [-0.05, 0) is 36.6 Å². The smallest absolute Gasteiger partial charge is 0.268 e.